The summed E-state index contributed by atoms with van der Waals surface area (Å²) in [5.41, 5.74) is -0.528. The molecule has 1 N–H and O–H groups in total. The van der Waals surface area contributed by atoms with E-state index in [0.29, 0.717) is 15.6 Å². The summed E-state index contributed by atoms with van der Waals surface area (Å²) in [6.07, 6.45) is 4.41. The quantitative estimate of drug-likeness (QED) is 0.504. The van der Waals surface area contributed by atoms with Crippen LogP contribution in [0.25, 0.3) is 0 Å². The summed E-state index contributed by atoms with van der Waals surface area (Å²) < 4.78 is 5.66. The molecule has 0 bridgehead atoms. The monoisotopic (exact) mass is 502 g/mol. The van der Waals surface area contributed by atoms with Crippen LogP contribution in [0.2, 0.25) is 10.0 Å². The SMILES string of the molecule is CC(C1CCCCC1)N1C(=O)OC(Cc2ccccc2)(C(=O)NCc2ccc(Cl)c(Cl)c2)C1=O. The van der Waals surface area contributed by atoms with Crippen molar-refractivity contribution in [3.63, 3.8) is 0 Å². The third-order valence-electron chi connectivity index (χ3n) is 6.86. The zero-order valence-corrected chi connectivity index (χ0v) is 20.6. The maximum Gasteiger partial charge on any atom is 0.418 e. The van der Waals surface area contributed by atoms with E-state index in [1.807, 2.05) is 37.3 Å². The Morgan fingerprint density at radius 2 is 1.76 bits per heavy atom. The average Bonchev–Trinajstić information content (AvgIpc) is 3.10. The zero-order chi connectivity index (χ0) is 24.3. The second-order valence-electron chi connectivity index (χ2n) is 9.10. The number of nitrogens with one attached hydrogen (secondary N) is 1. The number of hydrogen-bond donors (Lipinski definition) is 1. The van der Waals surface area contributed by atoms with Gasteiger partial charge in [-0.15, -0.1) is 0 Å². The molecule has 2 aromatic rings. The van der Waals surface area contributed by atoms with E-state index >= 15 is 0 Å². The smallest absolute Gasteiger partial charge is 0.418 e. The molecule has 1 saturated heterocycles. The molecule has 6 nitrogen and oxygen atoms in total. The third kappa shape index (κ3) is 4.93. The number of carbonyl (C=O) groups excluding carboxylic acids is 3. The number of benzene rings is 2. The van der Waals surface area contributed by atoms with Gasteiger partial charge in [0.05, 0.1) is 10.0 Å². The van der Waals surface area contributed by atoms with Crippen LogP contribution < -0.4 is 5.32 Å². The van der Waals surface area contributed by atoms with Crippen LogP contribution in [-0.2, 0) is 27.3 Å². The molecule has 1 aliphatic heterocycles. The van der Waals surface area contributed by atoms with E-state index in [2.05, 4.69) is 5.32 Å². The molecule has 2 aromatic carbocycles. The lowest BCUT2D eigenvalue weighted by Gasteiger charge is -2.32. The number of rotatable bonds is 7. The summed E-state index contributed by atoms with van der Waals surface area (Å²) in [5, 5.41) is 3.54. The van der Waals surface area contributed by atoms with Crippen molar-refractivity contribution in [2.45, 2.75) is 63.6 Å². The fraction of sp³-hybridized carbons (Fsp3) is 0.423. The molecule has 1 saturated carbocycles. The average molecular weight is 503 g/mol. The van der Waals surface area contributed by atoms with Gasteiger partial charge in [0.25, 0.3) is 17.4 Å². The molecule has 2 unspecified atom stereocenters. The Bertz CT molecular complexity index is 1070. The number of ether oxygens (including phenoxy) is 1. The van der Waals surface area contributed by atoms with Gasteiger partial charge in [-0.1, -0.05) is 78.9 Å². The lowest BCUT2D eigenvalue weighted by molar-refractivity contribution is -0.150. The molecule has 0 radical (unpaired) electrons. The second-order valence-corrected chi connectivity index (χ2v) is 9.92. The molecule has 34 heavy (non-hydrogen) atoms. The van der Waals surface area contributed by atoms with Gasteiger partial charge < -0.3 is 10.1 Å². The largest absolute Gasteiger partial charge is 0.422 e. The molecular formula is C26H28Cl2N2O4. The number of carbonyl (C=O) groups is 3. The molecule has 1 aliphatic carbocycles. The minimum Gasteiger partial charge on any atom is -0.422 e. The van der Waals surface area contributed by atoms with Crippen LogP contribution in [-0.4, -0.2) is 34.5 Å². The van der Waals surface area contributed by atoms with Gasteiger partial charge in [0.1, 0.15) is 0 Å². The normalized spacial score (nSPS) is 21.9. The van der Waals surface area contributed by atoms with E-state index in [-0.39, 0.29) is 24.9 Å². The predicted octanol–water partition coefficient (Wildman–Crippen LogP) is 5.54. The summed E-state index contributed by atoms with van der Waals surface area (Å²) in [6, 6.07) is 13.8. The number of nitrogens with zero attached hydrogens (tertiary/aromatic N) is 1. The molecule has 2 aliphatic rings. The van der Waals surface area contributed by atoms with Crippen LogP contribution in [0.1, 0.15) is 50.2 Å². The maximum atomic E-state index is 13.8. The predicted molar refractivity (Wildman–Crippen MR) is 131 cm³/mol. The van der Waals surface area contributed by atoms with Gasteiger partial charge in [-0.3, -0.25) is 9.59 Å². The van der Waals surface area contributed by atoms with Crippen LogP contribution in [0.15, 0.2) is 48.5 Å². The molecule has 8 heteroatoms. The first kappa shape index (κ1) is 24.6. The lowest BCUT2D eigenvalue weighted by atomic mass is 9.83. The number of hydrogen-bond acceptors (Lipinski definition) is 4. The van der Waals surface area contributed by atoms with Crippen molar-refractivity contribution in [2.75, 3.05) is 0 Å². The standard InChI is InChI=1S/C26H28Cl2N2O4/c1-17(20-10-6-3-7-11-20)30-24(32)26(34-25(30)33,15-18-8-4-2-5-9-18)23(31)29-16-19-12-13-21(27)22(28)14-19/h2,4-5,8-9,12-14,17,20H,3,6-7,10-11,15-16H2,1H3,(H,29,31). The molecule has 1 heterocycles. The van der Waals surface area contributed by atoms with Crippen LogP contribution in [0, 0.1) is 5.92 Å². The van der Waals surface area contributed by atoms with Gasteiger partial charge in [-0.2, -0.15) is 0 Å². The first-order chi connectivity index (χ1) is 16.3. The minimum atomic E-state index is -1.96. The van der Waals surface area contributed by atoms with Crippen molar-refractivity contribution in [1.82, 2.24) is 10.2 Å². The molecule has 4 rings (SSSR count). The van der Waals surface area contributed by atoms with Crippen LogP contribution in [0.4, 0.5) is 4.79 Å². The van der Waals surface area contributed by atoms with E-state index < -0.39 is 23.5 Å². The first-order valence-electron chi connectivity index (χ1n) is 11.6. The van der Waals surface area contributed by atoms with E-state index in [0.717, 1.165) is 42.6 Å². The van der Waals surface area contributed by atoms with Gasteiger partial charge in [-0.05, 0) is 48.9 Å². The van der Waals surface area contributed by atoms with Crippen molar-refractivity contribution < 1.29 is 19.1 Å². The molecule has 2 atom stereocenters. The van der Waals surface area contributed by atoms with Gasteiger partial charge in [0.2, 0.25) is 0 Å². The number of imide groups is 1. The van der Waals surface area contributed by atoms with Gasteiger partial charge in [0, 0.05) is 19.0 Å². The van der Waals surface area contributed by atoms with Gasteiger partial charge >= 0.3 is 6.09 Å². The maximum absolute atomic E-state index is 13.8. The second kappa shape index (κ2) is 10.4. The van der Waals surface area contributed by atoms with Crippen LogP contribution in [0.3, 0.4) is 0 Å². The zero-order valence-electron chi connectivity index (χ0n) is 19.1. The summed E-state index contributed by atoms with van der Waals surface area (Å²) >= 11 is 12.1. The molecule has 0 aromatic heterocycles. The summed E-state index contributed by atoms with van der Waals surface area (Å²) in [4.78, 5) is 41.4. The highest BCUT2D eigenvalue weighted by Crippen LogP contribution is 2.36. The number of amides is 3. The van der Waals surface area contributed by atoms with E-state index in [1.54, 1.807) is 18.2 Å². The highest BCUT2D eigenvalue weighted by Gasteiger charge is 2.60. The first-order valence-corrected chi connectivity index (χ1v) is 12.4. The van der Waals surface area contributed by atoms with Gasteiger partial charge in [-0.25, -0.2) is 9.69 Å². The topological polar surface area (TPSA) is 75.7 Å². The molecule has 180 valence electrons. The van der Waals surface area contributed by atoms with Crippen LogP contribution >= 0.6 is 23.2 Å². The lowest BCUT2D eigenvalue weighted by Crippen LogP contribution is -2.56. The highest BCUT2D eigenvalue weighted by atomic mass is 35.5. The van der Waals surface area contributed by atoms with E-state index in [9.17, 15) is 14.4 Å². The van der Waals surface area contributed by atoms with Crippen molar-refractivity contribution in [3.05, 3.63) is 69.7 Å². The molecule has 0 spiro atoms. The molecule has 2 fully saturated rings. The van der Waals surface area contributed by atoms with E-state index in [1.165, 1.54) is 0 Å². The molecular weight excluding hydrogens is 475 g/mol. The Labute approximate surface area is 209 Å². The summed E-state index contributed by atoms with van der Waals surface area (Å²) in [6.45, 7) is 1.98. The van der Waals surface area contributed by atoms with Gasteiger partial charge in [0.15, 0.2) is 0 Å². The fourth-order valence-electron chi connectivity index (χ4n) is 4.89. The van der Waals surface area contributed by atoms with Crippen molar-refractivity contribution in [2.24, 2.45) is 5.92 Å². The Morgan fingerprint density at radius 1 is 1.06 bits per heavy atom. The number of cyclic esters (lactones) is 1. The molecule has 3 amide bonds. The Hall–Kier alpha value is -2.57. The fourth-order valence-corrected chi connectivity index (χ4v) is 5.21. The minimum absolute atomic E-state index is 0.0422. The highest BCUT2D eigenvalue weighted by molar-refractivity contribution is 6.42. The van der Waals surface area contributed by atoms with Crippen molar-refractivity contribution >= 4 is 41.1 Å². The summed E-state index contributed by atoms with van der Waals surface area (Å²) in [7, 11) is 0. The van der Waals surface area contributed by atoms with Crippen molar-refractivity contribution in [3.8, 4) is 0 Å². The third-order valence-corrected chi connectivity index (χ3v) is 7.60. The summed E-state index contributed by atoms with van der Waals surface area (Å²) in [5.74, 6) is -1.05. The Morgan fingerprint density at radius 3 is 2.44 bits per heavy atom. The van der Waals surface area contributed by atoms with E-state index in [4.69, 9.17) is 27.9 Å². The van der Waals surface area contributed by atoms with Crippen molar-refractivity contribution in [1.29, 1.82) is 0 Å². The van der Waals surface area contributed by atoms with Crippen LogP contribution in [0.5, 0.6) is 0 Å². The Kier molecular flexibility index (Phi) is 7.48. The Balaban J connectivity index is 1.60. The number of halogens is 2.